The van der Waals surface area contributed by atoms with E-state index < -0.39 is 6.10 Å². The molecule has 111 valence electrons. The molecule has 1 aromatic rings. The van der Waals surface area contributed by atoms with Crippen LogP contribution in [0, 0.1) is 12.2 Å². The number of benzene rings is 1. The maximum atomic E-state index is 12.9. The van der Waals surface area contributed by atoms with Gasteiger partial charge in [0.1, 0.15) is 5.82 Å². The second-order valence-corrected chi connectivity index (χ2v) is 5.42. The molecule has 1 radical (unpaired) electrons. The van der Waals surface area contributed by atoms with E-state index in [1.54, 1.807) is 0 Å². The lowest BCUT2D eigenvalue weighted by Gasteiger charge is -2.36. The summed E-state index contributed by atoms with van der Waals surface area (Å²) in [5.74, 6) is -0.205. The highest BCUT2D eigenvalue weighted by atomic mass is 19.1. The minimum atomic E-state index is -0.744. The molecule has 1 fully saturated rings. The molecule has 0 amide bonds. The number of nitrogens with zero attached hydrogens (tertiary/aromatic N) is 1. The molecule has 0 aromatic heterocycles. The highest BCUT2D eigenvalue weighted by Crippen LogP contribution is 2.20. The molecule has 0 aliphatic carbocycles. The first-order valence-electron chi connectivity index (χ1n) is 7.31. The fourth-order valence-electron chi connectivity index (χ4n) is 2.75. The van der Waals surface area contributed by atoms with Crippen molar-refractivity contribution in [3.63, 3.8) is 0 Å². The van der Waals surface area contributed by atoms with Gasteiger partial charge in [-0.3, -0.25) is 4.90 Å². The maximum Gasteiger partial charge on any atom is 0.123 e. The Labute approximate surface area is 120 Å². The number of hydrogen-bond acceptors (Lipinski definition) is 3. The summed E-state index contributed by atoms with van der Waals surface area (Å²) < 4.78 is 12.9. The Bertz CT molecular complexity index is 396. The van der Waals surface area contributed by atoms with Crippen molar-refractivity contribution in [2.45, 2.75) is 37.8 Å². The molecule has 0 saturated carbocycles. The lowest BCUT2D eigenvalue weighted by atomic mass is 9.96. The van der Waals surface area contributed by atoms with Gasteiger partial charge in [-0.05, 0) is 43.5 Å². The van der Waals surface area contributed by atoms with Crippen molar-refractivity contribution in [2.75, 3.05) is 19.7 Å². The molecule has 2 N–H and O–H groups in total. The third-order valence-corrected chi connectivity index (χ3v) is 3.90. The van der Waals surface area contributed by atoms with Crippen LogP contribution >= 0.6 is 0 Å². The molecular weight excluding hydrogens is 257 g/mol. The van der Waals surface area contributed by atoms with Crippen molar-refractivity contribution in [1.29, 1.82) is 0 Å². The molecule has 2 unspecified atom stereocenters. The van der Waals surface area contributed by atoms with E-state index in [0.29, 0.717) is 0 Å². The lowest BCUT2D eigenvalue weighted by Crippen LogP contribution is -2.43. The van der Waals surface area contributed by atoms with Crippen LogP contribution in [0.4, 0.5) is 4.39 Å². The topological polar surface area (TPSA) is 43.7 Å². The van der Waals surface area contributed by atoms with E-state index in [-0.39, 0.29) is 18.5 Å². The zero-order valence-electron chi connectivity index (χ0n) is 11.7. The van der Waals surface area contributed by atoms with Crippen molar-refractivity contribution >= 4 is 0 Å². The molecular formula is C16H23FNO2. The summed E-state index contributed by atoms with van der Waals surface area (Å²) in [5.41, 5.74) is 1.12. The van der Waals surface area contributed by atoms with E-state index in [1.807, 2.05) is 18.6 Å². The number of halogens is 1. The van der Waals surface area contributed by atoms with Crippen molar-refractivity contribution < 1.29 is 14.6 Å². The molecule has 20 heavy (non-hydrogen) atoms. The summed E-state index contributed by atoms with van der Waals surface area (Å²) in [6.45, 7) is 1.69. The van der Waals surface area contributed by atoms with E-state index in [1.165, 1.54) is 18.6 Å². The molecule has 1 saturated heterocycles. The molecule has 1 aliphatic rings. The number of rotatable bonds is 6. The fraction of sp³-hybridized carbons (Fsp3) is 0.562. The van der Waals surface area contributed by atoms with Crippen LogP contribution in [0.3, 0.4) is 0 Å². The second kappa shape index (κ2) is 7.72. The Morgan fingerprint density at radius 3 is 2.75 bits per heavy atom. The molecule has 4 heteroatoms. The Kier molecular flexibility index (Phi) is 5.95. The van der Waals surface area contributed by atoms with Crippen molar-refractivity contribution in [3.8, 4) is 0 Å². The zero-order valence-corrected chi connectivity index (χ0v) is 11.7. The van der Waals surface area contributed by atoms with Crippen LogP contribution in [0.15, 0.2) is 24.3 Å². The van der Waals surface area contributed by atoms with Gasteiger partial charge in [0, 0.05) is 19.0 Å². The highest BCUT2D eigenvalue weighted by molar-refractivity contribution is 5.16. The first-order chi connectivity index (χ1) is 9.69. The summed E-state index contributed by atoms with van der Waals surface area (Å²) in [4.78, 5) is 2.34. The Morgan fingerprint density at radius 2 is 2.05 bits per heavy atom. The summed E-state index contributed by atoms with van der Waals surface area (Å²) in [5, 5.41) is 18.5. The minimum absolute atomic E-state index is 0.205. The first kappa shape index (κ1) is 15.4. The maximum absolute atomic E-state index is 12.9. The third-order valence-electron chi connectivity index (χ3n) is 3.90. The normalized spacial score (nSPS) is 21.9. The molecule has 0 bridgehead atoms. The summed E-state index contributed by atoms with van der Waals surface area (Å²) in [6, 6.07) is 6.85. The molecule has 2 atom stereocenters. The smallest absolute Gasteiger partial charge is 0.123 e. The Hall–Kier alpha value is -0.970. The van der Waals surface area contributed by atoms with E-state index in [4.69, 9.17) is 5.11 Å². The van der Waals surface area contributed by atoms with E-state index in [2.05, 4.69) is 4.90 Å². The zero-order chi connectivity index (χ0) is 14.4. The van der Waals surface area contributed by atoms with Gasteiger partial charge in [-0.1, -0.05) is 18.6 Å². The van der Waals surface area contributed by atoms with Crippen molar-refractivity contribution in [1.82, 2.24) is 4.90 Å². The van der Waals surface area contributed by atoms with E-state index in [0.717, 1.165) is 37.9 Å². The molecule has 1 heterocycles. The summed E-state index contributed by atoms with van der Waals surface area (Å²) >= 11 is 0. The minimum Gasteiger partial charge on any atom is -0.394 e. The van der Waals surface area contributed by atoms with Gasteiger partial charge in [0.25, 0.3) is 0 Å². The molecule has 1 aliphatic heterocycles. The van der Waals surface area contributed by atoms with E-state index >= 15 is 0 Å². The van der Waals surface area contributed by atoms with Gasteiger partial charge in [0.15, 0.2) is 0 Å². The third kappa shape index (κ3) is 4.54. The van der Waals surface area contributed by atoms with Crippen LogP contribution in [0.25, 0.3) is 0 Å². The predicted octanol–water partition coefficient (Wildman–Crippen LogP) is 1.78. The number of piperidine rings is 1. The highest BCUT2D eigenvalue weighted by Gasteiger charge is 2.24. The molecule has 1 aromatic carbocycles. The Morgan fingerprint density at radius 1 is 1.30 bits per heavy atom. The van der Waals surface area contributed by atoms with Crippen LogP contribution in [0.1, 0.15) is 24.8 Å². The van der Waals surface area contributed by atoms with Gasteiger partial charge in [0.2, 0.25) is 0 Å². The van der Waals surface area contributed by atoms with Gasteiger partial charge in [-0.2, -0.15) is 0 Å². The monoisotopic (exact) mass is 280 g/mol. The number of hydrogen-bond donors (Lipinski definition) is 2. The summed E-state index contributed by atoms with van der Waals surface area (Å²) in [6.07, 6.45) is 5.32. The SMILES string of the molecule is OCC(O)[CH]C1CCCCN1CCc1ccc(F)cc1. The standard InChI is InChI=1S/C16H23FNO2/c17-14-6-4-13(5-7-14)8-10-18-9-2-1-3-15(18)11-16(20)12-19/h4-7,11,15-16,19-20H,1-3,8-10,12H2. The van der Waals surface area contributed by atoms with Crippen LogP contribution < -0.4 is 0 Å². The van der Waals surface area contributed by atoms with Crippen molar-refractivity contribution in [2.24, 2.45) is 0 Å². The molecule has 0 spiro atoms. The molecule has 2 rings (SSSR count). The van der Waals surface area contributed by atoms with Gasteiger partial charge < -0.3 is 10.2 Å². The Balaban J connectivity index is 1.86. The van der Waals surface area contributed by atoms with E-state index in [9.17, 15) is 9.50 Å². The quantitative estimate of drug-likeness (QED) is 0.835. The predicted molar refractivity (Wildman–Crippen MR) is 76.7 cm³/mol. The van der Waals surface area contributed by atoms with Crippen LogP contribution in [0.2, 0.25) is 0 Å². The molecule has 3 nitrogen and oxygen atoms in total. The average Bonchev–Trinajstić information content (AvgIpc) is 2.48. The van der Waals surface area contributed by atoms with Crippen LogP contribution in [0.5, 0.6) is 0 Å². The fourth-order valence-corrected chi connectivity index (χ4v) is 2.75. The largest absolute Gasteiger partial charge is 0.394 e. The number of aliphatic hydroxyl groups is 2. The second-order valence-electron chi connectivity index (χ2n) is 5.42. The summed E-state index contributed by atoms with van der Waals surface area (Å²) in [7, 11) is 0. The average molecular weight is 280 g/mol. The van der Waals surface area contributed by atoms with Gasteiger partial charge in [-0.15, -0.1) is 0 Å². The number of likely N-dealkylation sites (tertiary alicyclic amines) is 1. The van der Waals surface area contributed by atoms with Gasteiger partial charge >= 0.3 is 0 Å². The van der Waals surface area contributed by atoms with Crippen molar-refractivity contribution in [3.05, 3.63) is 42.1 Å². The van der Waals surface area contributed by atoms with Crippen LogP contribution in [-0.2, 0) is 6.42 Å². The van der Waals surface area contributed by atoms with Crippen LogP contribution in [-0.4, -0.2) is 47.0 Å². The number of aliphatic hydroxyl groups excluding tert-OH is 2. The lowest BCUT2D eigenvalue weighted by molar-refractivity contribution is 0.0864. The first-order valence-corrected chi connectivity index (χ1v) is 7.31. The van der Waals surface area contributed by atoms with Gasteiger partial charge in [-0.25, -0.2) is 4.39 Å². The van der Waals surface area contributed by atoms with Gasteiger partial charge in [0.05, 0.1) is 12.7 Å².